The van der Waals surface area contributed by atoms with Gasteiger partial charge >= 0.3 is 0 Å². The average Bonchev–Trinajstić information content (AvgIpc) is 1.83. The minimum Gasteiger partial charge on any atom is -0.385 e. The number of ether oxygens (including phenoxy) is 1. The highest BCUT2D eigenvalue weighted by molar-refractivity contribution is 5.06. The molecule has 8 heavy (non-hydrogen) atoms. The first-order valence-corrected chi connectivity index (χ1v) is 2.52. The summed E-state index contributed by atoms with van der Waals surface area (Å²) in [5, 5.41) is 8.22. The van der Waals surface area contributed by atoms with Gasteiger partial charge in [0.05, 0.1) is 12.0 Å². The smallest absolute Gasteiger partial charge is 0.0751 e. The van der Waals surface area contributed by atoms with E-state index in [0.717, 1.165) is 12.3 Å². The van der Waals surface area contributed by atoms with Crippen LogP contribution in [0.15, 0.2) is 0 Å². The second-order valence-electron chi connectivity index (χ2n) is 1.63. The molecule has 0 fully saturated rings. The summed E-state index contributed by atoms with van der Waals surface area (Å²) in [5.41, 5.74) is 0. The second-order valence-corrected chi connectivity index (χ2v) is 1.63. The Morgan fingerprint density at radius 2 is 2.38 bits per heavy atom. The van der Waals surface area contributed by atoms with E-state index in [1.54, 1.807) is 14.0 Å². The number of nitrogens with zero attached hydrogens (tertiary/aromatic N) is 1. The lowest BCUT2D eigenvalue weighted by Crippen LogP contribution is -1.93. The number of methoxy groups -OCH3 is 1. The molecule has 0 spiro atoms. The van der Waals surface area contributed by atoms with Crippen LogP contribution in [0.2, 0.25) is 0 Å². The minimum absolute atomic E-state index is 0.652. The van der Waals surface area contributed by atoms with Crippen molar-refractivity contribution in [1.82, 2.24) is 0 Å². The molecule has 0 aliphatic rings. The average molecular weight is 112 g/mol. The number of rotatable bonds is 3. The summed E-state index contributed by atoms with van der Waals surface area (Å²) < 4.78 is 4.74. The van der Waals surface area contributed by atoms with Crippen molar-refractivity contribution in [3.8, 4) is 6.07 Å². The van der Waals surface area contributed by atoms with Gasteiger partial charge in [0.25, 0.3) is 0 Å². The number of nitriles is 1. The largest absolute Gasteiger partial charge is 0.385 e. The normalized spacial score (nSPS) is 9.25. The topological polar surface area (TPSA) is 33.0 Å². The molecule has 0 aliphatic carbocycles. The van der Waals surface area contributed by atoms with Gasteiger partial charge in [-0.25, -0.2) is 0 Å². The molecule has 1 radical (unpaired) electrons. The third kappa shape index (κ3) is 3.63. The van der Waals surface area contributed by atoms with E-state index in [-0.39, 0.29) is 0 Å². The highest BCUT2D eigenvalue weighted by Crippen LogP contribution is 2.00. The maximum absolute atomic E-state index is 8.22. The van der Waals surface area contributed by atoms with Crippen LogP contribution in [0.4, 0.5) is 0 Å². The first kappa shape index (κ1) is 7.45. The van der Waals surface area contributed by atoms with Crippen molar-refractivity contribution in [3.05, 3.63) is 5.92 Å². The van der Waals surface area contributed by atoms with Gasteiger partial charge < -0.3 is 4.74 Å². The van der Waals surface area contributed by atoms with E-state index in [2.05, 4.69) is 0 Å². The van der Waals surface area contributed by atoms with Crippen LogP contribution in [0.25, 0.3) is 0 Å². The van der Waals surface area contributed by atoms with E-state index in [0.29, 0.717) is 6.61 Å². The fraction of sp³-hybridized carbons (Fsp3) is 0.667. The van der Waals surface area contributed by atoms with E-state index >= 15 is 0 Å². The summed E-state index contributed by atoms with van der Waals surface area (Å²) in [6.45, 7) is 2.46. The van der Waals surface area contributed by atoms with Crippen LogP contribution in [-0.4, -0.2) is 13.7 Å². The van der Waals surface area contributed by atoms with Gasteiger partial charge in [0, 0.05) is 13.7 Å². The van der Waals surface area contributed by atoms with E-state index in [9.17, 15) is 0 Å². The molecule has 0 aromatic heterocycles. The van der Waals surface area contributed by atoms with Crippen molar-refractivity contribution in [2.45, 2.75) is 13.3 Å². The van der Waals surface area contributed by atoms with Crippen molar-refractivity contribution >= 4 is 0 Å². The highest BCUT2D eigenvalue weighted by atomic mass is 16.5. The Morgan fingerprint density at radius 3 is 2.75 bits per heavy atom. The molecule has 0 aromatic rings. The van der Waals surface area contributed by atoms with Crippen molar-refractivity contribution in [3.63, 3.8) is 0 Å². The lowest BCUT2D eigenvalue weighted by Gasteiger charge is -1.96. The van der Waals surface area contributed by atoms with Gasteiger partial charge in [0.15, 0.2) is 0 Å². The Bertz CT molecular complexity index is 85.0. The Labute approximate surface area is 50.1 Å². The lowest BCUT2D eigenvalue weighted by atomic mass is 10.1. The molecule has 2 nitrogen and oxygen atoms in total. The molecular formula is C6H10NO. The molecule has 2 heteroatoms. The second kappa shape index (κ2) is 4.61. The summed E-state index contributed by atoms with van der Waals surface area (Å²) in [6, 6.07) is 2.04. The summed E-state index contributed by atoms with van der Waals surface area (Å²) in [7, 11) is 1.63. The molecular weight excluding hydrogens is 102 g/mol. The highest BCUT2D eigenvalue weighted by Gasteiger charge is 1.96. The van der Waals surface area contributed by atoms with Crippen molar-refractivity contribution in [2.24, 2.45) is 0 Å². The SMILES string of the molecule is COCC[C](C)C#N. The van der Waals surface area contributed by atoms with Gasteiger partial charge in [-0.15, -0.1) is 0 Å². The fourth-order valence-electron chi connectivity index (χ4n) is 0.311. The van der Waals surface area contributed by atoms with Gasteiger partial charge in [-0.3, -0.25) is 0 Å². The molecule has 0 bridgehead atoms. The molecule has 0 atom stereocenters. The molecule has 0 rings (SSSR count). The van der Waals surface area contributed by atoms with Gasteiger partial charge in [0.1, 0.15) is 0 Å². The molecule has 45 valence electrons. The molecule has 0 amide bonds. The van der Waals surface area contributed by atoms with Crippen LogP contribution in [0.3, 0.4) is 0 Å². The van der Waals surface area contributed by atoms with Crippen LogP contribution in [-0.2, 0) is 4.74 Å². The zero-order valence-electron chi connectivity index (χ0n) is 5.27. The Kier molecular flexibility index (Phi) is 4.29. The molecule has 0 saturated heterocycles. The summed E-state index contributed by atoms with van der Waals surface area (Å²) in [4.78, 5) is 0. The summed E-state index contributed by atoms with van der Waals surface area (Å²) >= 11 is 0. The Balaban J connectivity index is 3.02. The van der Waals surface area contributed by atoms with E-state index in [1.807, 2.05) is 6.07 Å². The molecule has 0 aromatic carbocycles. The predicted molar refractivity (Wildman–Crippen MR) is 31.0 cm³/mol. The maximum Gasteiger partial charge on any atom is 0.0751 e. The van der Waals surface area contributed by atoms with Crippen molar-refractivity contribution < 1.29 is 4.74 Å². The number of hydrogen-bond acceptors (Lipinski definition) is 2. The quantitative estimate of drug-likeness (QED) is 0.548. The molecule has 0 saturated carbocycles. The van der Waals surface area contributed by atoms with Crippen LogP contribution < -0.4 is 0 Å². The monoisotopic (exact) mass is 112 g/mol. The number of hydrogen-bond donors (Lipinski definition) is 0. The molecule has 0 unspecified atom stereocenters. The van der Waals surface area contributed by atoms with Crippen LogP contribution in [0.5, 0.6) is 0 Å². The predicted octanol–water partition coefficient (Wildman–Crippen LogP) is 1.14. The van der Waals surface area contributed by atoms with Crippen LogP contribution in [0.1, 0.15) is 13.3 Å². The van der Waals surface area contributed by atoms with Gasteiger partial charge in [0.2, 0.25) is 0 Å². The fourth-order valence-corrected chi connectivity index (χ4v) is 0.311. The summed E-state index contributed by atoms with van der Waals surface area (Å²) in [6.07, 6.45) is 0.757. The first-order valence-electron chi connectivity index (χ1n) is 2.52. The summed E-state index contributed by atoms with van der Waals surface area (Å²) in [5.74, 6) is 0.826. The Hall–Kier alpha value is -0.550. The third-order valence-electron chi connectivity index (χ3n) is 0.872. The molecule has 0 heterocycles. The van der Waals surface area contributed by atoms with Crippen molar-refractivity contribution in [2.75, 3.05) is 13.7 Å². The van der Waals surface area contributed by atoms with Gasteiger partial charge in [-0.2, -0.15) is 5.26 Å². The van der Waals surface area contributed by atoms with E-state index < -0.39 is 0 Å². The zero-order valence-corrected chi connectivity index (χ0v) is 5.27. The molecule has 0 aliphatic heterocycles. The van der Waals surface area contributed by atoms with E-state index in [4.69, 9.17) is 10.00 Å². The van der Waals surface area contributed by atoms with Crippen molar-refractivity contribution in [1.29, 1.82) is 5.26 Å². The van der Waals surface area contributed by atoms with E-state index in [1.165, 1.54) is 0 Å². The Morgan fingerprint density at radius 1 is 1.75 bits per heavy atom. The van der Waals surface area contributed by atoms with Crippen LogP contribution in [0, 0.1) is 17.2 Å². The molecule has 0 N–H and O–H groups in total. The first-order chi connectivity index (χ1) is 3.81. The minimum atomic E-state index is 0.652. The van der Waals surface area contributed by atoms with Gasteiger partial charge in [-0.05, 0) is 13.3 Å². The van der Waals surface area contributed by atoms with Crippen LogP contribution >= 0.6 is 0 Å². The zero-order chi connectivity index (χ0) is 6.41. The lowest BCUT2D eigenvalue weighted by molar-refractivity contribution is 0.199. The third-order valence-corrected chi connectivity index (χ3v) is 0.872. The maximum atomic E-state index is 8.22. The standard InChI is InChI=1S/C6H10NO/c1-6(5-7)3-4-8-2/h3-4H2,1-2H3. The van der Waals surface area contributed by atoms with Gasteiger partial charge in [-0.1, -0.05) is 0 Å².